The van der Waals surface area contributed by atoms with Crippen molar-refractivity contribution in [1.29, 1.82) is 0 Å². The Kier molecular flexibility index (Phi) is 5.51. The molecule has 0 unspecified atom stereocenters. The molecule has 0 radical (unpaired) electrons. The molecule has 0 spiro atoms. The van der Waals surface area contributed by atoms with Crippen molar-refractivity contribution in [3.8, 4) is 22.1 Å². The number of benzene rings is 1. The number of sulfonamides is 1. The summed E-state index contributed by atoms with van der Waals surface area (Å²) in [5.74, 6) is 2.64. The first-order chi connectivity index (χ1) is 14.0. The number of hydrogen-bond acceptors (Lipinski definition) is 7. The third-order valence-corrected chi connectivity index (χ3v) is 7.93. The highest BCUT2D eigenvalue weighted by atomic mass is 32.2. The molecule has 4 rings (SSSR count). The number of thiophene rings is 1. The second-order valence-electron chi connectivity index (χ2n) is 6.83. The molecule has 1 aliphatic carbocycles. The maximum Gasteiger partial charge on any atom is 0.271 e. The number of aromatic nitrogens is 1. The molecule has 0 aliphatic heterocycles. The van der Waals surface area contributed by atoms with Gasteiger partial charge in [0.25, 0.3) is 10.0 Å². The summed E-state index contributed by atoms with van der Waals surface area (Å²) in [7, 11) is -0.798. The van der Waals surface area contributed by atoms with Crippen molar-refractivity contribution < 1.29 is 22.3 Å². The van der Waals surface area contributed by atoms with Gasteiger partial charge in [-0.1, -0.05) is 12.8 Å². The van der Waals surface area contributed by atoms with Gasteiger partial charge in [-0.3, -0.25) is 4.72 Å². The van der Waals surface area contributed by atoms with E-state index in [4.69, 9.17) is 13.9 Å². The van der Waals surface area contributed by atoms with Gasteiger partial charge >= 0.3 is 0 Å². The fourth-order valence-electron chi connectivity index (χ4n) is 3.45. The van der Waals surface area contributed by atoms with Crippen molar-refractivity contribution in [2.45, 2.75) is 35.8 Å². The van der Waals surface area contributed by atoms with E-state index in [0.717, 1.165) is 34.9 Å². The Bertz CT molecular complexity index is 1100. The number of rotatable bonds is 7. The standard InChI is InChI=1S/C20H22N2O5S2/c1-25-14-7-8-16(26-2)15(11-14)22-29(23,24)19-10-9-18(28-19)17-12-21-20(27-17)13-5-3-4-6-13/h7-13,22H,3-6H2,1-2H3. The van der Waals surface area contributed by atoms with Crippen LogP contribution < -0.4 is 14.2 Å². The first kappa shape index (κ1) is 19.8. The van der Waals surface area contributed by atoms with Crippen molar-refractivity contribution in [2.75, 3.05) is 18.9 Å². The highest BCUT2D eigenvalue weighted by Gasteiger charge is 2.24. The van der Waals surface area contributed by atoms with Crippen LogP contribution in [0.1, 0.15) is 37.5 Å². The fraction of sp³-hybridized carbons (Fsp3) is 0.350. The fourth-order valence-corrected chi connectivity index (χ4v) is 5.76. The molecule has 0 bridgehead atoms. The molecule has 1 aromatic carbocycles. The molecule has 1 fully saturated rings. The number of nitrogens with one attached hydrogen (secondary N) is 1. The molecule has 2 heterocycles. The number of methoxy groups -OCH3 is 2. The lowest BCUT2D eigenvalue weighted by atomic mass is 10.1. The normalized spacial score (nSPS) is 14.8. The zero-order valence-corrected chi connectivity index (χ0v) is 17.8. The Balaban J connectivity index is 1.57. The molecule has 29 heavy (non-hydrogen) atoms. The molecule has 3 aromatic rings. The summed E-state index contributed by atoms with van der Waals surface area (Å²) >= 11 is 1.14. The monoisotopic (exact) mass is 434 g/mol. The van der Waals surface area contributed by atoms with Crippen molar-refractivity contribution in [3.05, 3.63) is 42.4 Å². The van der Waals surface area contributed by atoms with Crippen LogP contribution in [0.15, 0.2) is 45.2 Å². The van der Waals surface area contributed by atoms with E-state index in [1.165, 1.54) is 27.1 Å². The average molecular weight is 435 g/mol. The predicted octanol–water partition coefficient (Wildman–Crippen LogP) is 4.88. The van der Waals surface area contributed by atoms with Crippen molar-refractivity contribution in [3.63, 3.8) is 0 Å². The van der Waals surface area contributed by atoms with Crippen LogP contribution in [0.5, 0.6) is 11.5 Å². The third kappa shape index (κ3) is 4.11. The number of nitrogens with zero attached hydrogens (tertiary/aromatic N) is 1. The van der Waals surface area contributed by atoms with Gasteiger partial charge < -0.3 is 13.9 Å². The molecule has 2 aromatic heterocycles. The first-order valence-electron chi connectivity index (χ1n) is 9.31. The first-order valence-corrected chi connectivity index (χ1v) is 11.6. The largest absolute Gasteiger partial charge is 0.497 e. The van der Waals surface area contributed by atoms with E-state index in [2.05, 4.69) is 9.71 Å². The minimum absolute atomic E-state index is 0.177. The van der Waals surface area contributed by atoms with Gasteiger partial charge in [-0.05, 0) is 37.1 Å². The quantitative estimate of drug-likeness (QED) is 0.570. The van der Waals surface area contributed by atoms with Gasteiger partial charge in [0.15, 0.2) is 11.7 Å². The number of oxazole rings is 1. The lowest BCUT2D eigenvalue weighted by Crippen LogP contribution is -2.12. The van der Waals surface area contributed by atoms with E-state index in [-0.39, 0.29) is 4.21 Å². The topological polar surface area (TPSA) is 90.7 Å². The van der Waals surface area contributed by atoms with E-state index in [1.807, 2.05) is 0 Å². The molecule has 1 N–H and O–H groups in total. The maximum absolute atomic E-state index is 12.9. The second kappa shape index (κ2) is 8.08. The molecule has 7 nitrogen and oxygen atoms in total. The highest BCUT2D eigenvalue weighted by Crippen LogP contribution is 2.38. The number of hydrogen-bond donors (Lipinski definition) is 1. The van der Waals surface area contributed by atoms with Gasteiger partial charge in [0.1, 0.15) is 15.7 Å². The summed E-state index contributed by atoms with van der Waals surface area (Å²) < 4.78 is 44.9. The van der Waals surface area contributed by atoms with Crippen LogP contribution in [0, 0.1) is 0 Å². The van der Waals surface area contributed by atoms with Crippen LogP contribution in [-0.4, -0.2) is 27.6 Å². The molecular formula is C20H22N2O5S2. The lowest BCUT2D eigenvalue weighted by molar-refractivity contribution is 0.405. The Morgan fingerprint density at radius 1 is 1.14 bits per heavy atom. The van der Waals surface area contributed by atoms with E-state index >= 15 is 0 Å². The molecule has 0 saturated heterocycles. The molecule has 154 valence electrons. The van der Waals surface area contributed by atoms with Crippen molar-refractivity contribution in [1.82, 2.24) is 4.98 Å². The summed E-state index contributed by atoms with van der Waals surface area (Å²) in [4.78, 5) is 5.12. The Morgan fingerprint density at radius 3 is 2.66 bits per heavy atom. The molecule has 1 saturated carbocycles. The highest BCUT2D eigenvalue weighted by molar-refractivity contribution is 7.94. The van der Waals surface area contributed by atoms with E-state index in [0.29, 0.717) is 28.9 Å². The predicted molar refractivity (Wildman–Crippen MR) is 111 cm³/mol. The minimum Gasteiger partial charge on any atom is -0.497 e. The maximum atomic E-state index is 12.9. The lowest BCUT2D eigenvalue weighted by Gasteiger charge is -2.12. The van der Waals surface area contributed by atoms with Crippen molar-refractivity contribution >= 4 is 27.0 Å². The molecule has 0 atom stereocenters. The molecule has 1 aliphatic rings. The Labute approximate surface area is 173 Å². The summed E-state index contributed by atoms with van der Waals surface area (Å²) in [6.07, 6.45) is 6.26. The zero-order chi connectivity index (χ0) is 20.4. The molecule has 9 heteroatoms. The van der Waals surface area contributed by atoms with Crippen LogP contribution in [0.3, 0.4) is 0 Å². The van der Waals surface area contributed by atoms with E-state index in [1.54, 1.807) is 36.5 Å². The Hall–Kier alpha value is -2.52. The second-order valence-corrected chi connectivity index (χ2v) is 9.83. The van der Waals surface area contributed by atoms with Crippen LogP contribution in [-0.2, 0) is 10.0 Å². The number of ether oxygens (including phenoxy) is 2. The molecule has 0 amide bonds. The van der Waals surface area contributed by atoms with Crippen LogP contribution in [0.4, 0.5) is 5.69 Å². The molecular weight excluding hydrogens is 412 g/mol. The summed E-state index contributed by atoms with van der Waals surface area (Å²) in [6, 6.07) is 8.23. The van der Waals surface area contributed by atoms with Gasteiger partial charge in [-0.25, -0.2) is 13.4 Å². The smallest absolute Gasteiger partial charge is 0.271 e. The van der Waals surface area contributed by atoms with Gasteiger partial charge in [-0.2, -0.15) is 0 Å². The van der Waals surface area contributed by atoms with Gasteiger partial charge in [0.2, 0.25) is 0 Å². The minimum atomic E-state index is -3.80. The Morgan fingerprint density at radius 2 is 1.93 bits per heavy atom. The van der Waals surface area contributed by atoms with Crippen LogP contribution in [0.25, 0.3) is 10.6 Å². The van der Waals surface area contributed by atoms with Crippen LogP contribution in [0.2, 0.25) is 0 Å². The van der Waals surface area contributed by atoms with Crippen LogP contribution >= 0.6 is 11.3 Å². The number of anilines is 1. The SMILES string of the molecule is COc1ccc(OC)c(NS(=O)(=O)c2ccc(-c3cnc(C4CCCC4)o3)s2)c1. The van der Waals surface area contributed by atoms with Gasteiger partial charge in [0, 0.05) is 12.0 Å². The van der Waals surface area contributed by atoms with Crippen molar-refractivity contribution in [2.24, 2.45) is 0 Å². The summed E-state index contributed by atoms with van der Waals surface area (Å²) in [5, 5.41) is 0. The van der Waals surface area contributed by atoms with E-state index in [9.17, 15) is 8.42 Å². The van der Waals surface area contributed by atoms with E-state index < -0.39 is 10.0 Å². The van der Waals surface area contributed by atoms with Gasteiger partial charge in [-0.15, -0.1) is 11.3 Å². The zero-order valence-electron chi connectivity index (χ0n) is 16.2. The third-order valence-electron chi connectivity index (χ3n) is 4.97. The van der Waals surface area contributed by atoms with Gasteiger partial charge in [0.05, 0.1) is 31.0 Å². The summed E-state index contributed by atoms with van der Waals surface area (Å²) in [6.45, 7) is 0. The summed E-state index contributed by atoms with van der Waals surface area (Å²) in [5.41, 5.74) is 0.310. The average Bonchev–Trinajstić information content (AvgIpc) is 3.48.